The van der Waals surface area contributed by atoms with Crippen molar-refractivity contribution in [2.75, 3.05) is 20.1 Å². The molecule has 0 spiro atoms. The lowest BCUT2D eigenvalue weighted by atomic mass is 9.93. The van der Waals surface area contributed by atoms with Crippen molar-refractivity contribution in [1.82, 2.24) is 14.8 Å². The fourth-order valence-corrected chi connectivity index (χ4v) is 5.48. The minimum atomic E-state index is -4.77. The second kappa shape index (κ2) is 13.3. The number of hydrogen-bond donors (Lipinski definition) is 0. The molecule has 0 saturated carbocycles. The number of Topliss-reactive ketones (excluding diaryl/α,β-unsaturated/α-hetero) is 1. The van der Waals surface area contributed by atoms with Gasteiger partial charge >= 0.3 is 6.18 Å². The maximum absolute atomic E-state index is 14.2. The second-order valence-electron chi connectivity index (χ2n) is 10.2. The van der Waals surface area contributed by atoms with E-state index in [9.17, 15) is 27.2 Å². The van der Waals surface area contributed by atoms with Crippen LogP contribution in [0, 0.1) is 5.82 Å². The maximum atomic E-state index is 14.2. The molecule has 0 unspecified atom stereocenters. The molecule has 0 N–H and O–H groups in total. The normalized spacial score (nSPS) is 17.3. The highest BCUT2D eigenvalue weighted by molar-refractivity contribution is 6.42. The number of halogens is 6. The Bertz CT molecular complexity index is 1390. The summed E-state index contributed by atoms with van der Waals surface area (Å²) in [4.78, 5) is 33.2. The highest BCUT2D eigenvalue weighted by atomic mass is 35.5. The monoisotopic (exact) mass is 609 g/mol. The van der Waals surface area contributed by atoms with Crippen LogP contribution in [-0.2, 0) is 17.5 Å². The molecule has 218 valence electrons. The molecular formula is C30H29Cl2F4N3O2. The van der Waals surface area contributed by atoms with Gasteiger partial charge in [-0.2, -0.15) is 13.2 Å². The number of aromatic nitrogens is 1. The van der Waals surface area contributed by atoms with Crippen molar-refractivity contribution in [3.63, 3.8) is 0 Å². The second-order valence-corrected chi connectivity index (χ2v) is 11.0. The first-order valence-corrected chi connectivity index (χ1v) is 13.9. The van der Waals surface area contributed by atoms with E-state index in [0.29, 0.717) is 53.7 Å². The third-order valence-corrected chi connectivity index (χ3v) is 8.08. The molecule has 1 aromatic heterocycles. The number of pyridine rings is 1. The highest BCUT2D eigenvalue weighted by Gasteiger charge is 2.39. The summed E-state index contributed by atoms with van der Waals surface area (Å²) in [7, 11) is 1.79. The van der Waals surface area contributed by atoms with Crippen LogP contribution >= 0.6 is 23.2 Å². The van der Waals surface area contributed by atoms with Crippen LogP contribution in [0.5, 0.6) is 0 Å². The van der Waals surface area contributed by atoms with Crippen molar-refractivity contribution < 1.29 is 27.2 Å². The van der Waals surface area contributed by atoms with Crippen molar-refractivity contribution in [1.29, 1.82) is 0 Å². The molecule has 1 amide bonds. The quantitative estimate of drug-likeness (QED) is 0.136. The molecule has 2 aromatic carbocycles. The predicted molar refractivity (Wildman–Crippen MR) is 149 cm³/mol. The first-order valence-electron chi connectivity index (χ1n) is 13.2. The molecule has 0 aliphatic carbocycles. The Hall–Kier alpha value is -3.01. The number of likely N-dealkylation sites (tertiary alicyclic amines) is 1. The minimum absolute atomic E-state index is 0.0585. The summed E-state index contributed by atoms with van der Waals surface area (Å²) < 4.78 is 53.2. The van der Waals surface area contributed by atoms with E-state index in [1.54, 1.807) is 48.5 Å². The lowest BCUT2D eigenvalue weighted by molar-refractivity contribution is -0.140. The molecule has 1 fully saturated rings. The Labute approximate surface area is 246 Å². The van der Waals surface area contributed by atoms with Gasteiger partial charge in [-0.1, -0.05) is 41.4 Å². The number of nitrogens with zero attached hydrogens (tertiary/aromatic N) is 3. The van der Waals surface area contributed by atoms with Crippen molar-refractivity contribution in [3.8, 4) is 0 Å². The van der Waals surface area contributed by atoms with Crippen molar-refractivity contribution >= 4 is 34.9 Å². The summed E-state index contributed by atoms with van der Waals surface area (Å²) >= 11 is 12.4. The number of rotatable bonds is 10. The lowest BCUT2D eigenvalue weighted by Crippen LogP contribution is -2.38. The number of alkyl halides is 3. The number of amides is 1. The van der Waals surface area contributed by atoms with Gasteiger partial charge in [0.15, 0.2) is 5.78 Å². The first kappa shape index (κ1) is 30.9. The predicted octanol–water partition coefficient (Wildman–Crippen LogP) is 7.42. The molecule has 4 rings (SSSR count). The smallest absolute Gasteiger partial charge is 0.340 e. The van der Waals surface area contributed by atoms with Gasteiger partial charge in [0.2, 0.25) is 5.91 Å². The Morgan fingerprint density at radius 3 is 2.41 bits per heavy atom. The number of likely N-dealkylation sites (N-methyl/N-ethyl adjacent to an activating group) is 1. The van der Waals surface area contributed by atoms with Gasteiger partial charge < -0.3 is 4.90 Å². The van der Waals surface area contributed by atoms with E-state index in [2.05, 4.69) is 4.98 Å². The van der Waals surface area contributed by atoms with Gasteiger partial charge in [-0.25, -0.2) is 4.39 Å². The molecule has 11 heteroatoms. The average Bonchev–Trinajstić information content (AvgIpc) is 3.38. The molecule has 1 aliphatic heterocycles. The standard InChI is InChI=1S/C30H29Cl2F4N3O2/c1-38(16-19-9-11-22(25(33)14-19)30(34,35)36)27-18-39(17-21(27)20-10-12-23(31)24(32)15-20)29(41)8-3-2-7-28(40)26-6-4-5-13-37-26/h4-6,9-15,21,27H,2-3,7-8,16-18H2,1H3/t21-,27-/m1/s1. The molecule has 3 aromatic rings. The van der Waals surface area contributed by atoms with Gasteiger partial charge in [-0.15, -0.1) is 0 Å². The van der Waals surface area contributed by atoms with Crippen molar-refractivity contribution in [2.24, 2.45) is 0 Å². The SMILES string of the molecule is CN(Cc1ccc(C(F)(F)F)c(F)c1)[C@@H]1CN(C(=O)CCCCC(=O)c2ccccn2)C[C@@H]1c1ccc(Cl)c(Cl)c1. The van der Waals surface area contributed by atoms with Crippen LogP contribution < -0.4 is 0 Å². The summed E-state index contributed by atoms with van der Waals surface area (Å²) in [6.07, 6.45) is -1.55. The fourth-order valence-electron chi connectivity index (χ4n) is 5.18. The van der Waals surface area contributed by atoms with Crippen LogP contribution in [0.3, 0.4) is 0 Å². The first-order chi connectivity index (χ1) is 19.4. The number of hydrogen-bond acceptors (Lipinski definition) is 4. The zero-order valence-corrected chi connectivity index (χ0v) is 23.8. The molecule has 0 bridgehead atoms. The van der Waals surface area contributed by atoms with Gasteiger partial charge in [-0.3, -0.25) is 19.5 Å². The van der Waals surface area contributed by atoms with Crippen LogP contribution in [0.4, 0.5) is 17.6 Å². The average molecular weight is 610 g/mol. The number of ketones is 1. The van der Waals surface area contributed by atoms with Gasteiger partial charge in [-0.05, 0) is 67.4 Å². The molecule has 2 heterocycles. The van der Waals surface area contributed by atoms with Crippen molar-refractivity contribution in [2.45, 2.75) is 50.4 Å². The fraction of sp³-hybridized carbons (Fsp3) is 0.367. The van der Waals surface area contributed by atoms with Crippen LogP contribution in [0.25, 0.3) is 0 Å². The van der Waals surface area contributed by atoms with E-state index in [-0.39, 0.29) is 36.6 Å². The van der Waals surface area contributed by atoms with Gasteiger partial charge in [0.1, 0.15) is 11.5 Å². The number of carbonyl (C=O) groups excluding carboxylic acids is 2. The summed E-state index contributed by atoms with van der Waals surface area (Å²) in [5, 5.41) is 0.768. The van der Waals surface area contributed by atoms with E-state index in [0.717, 1.165) is 17.7 Å². The zero-order valence-electron chi connectivity index (χ0n) is 22.3. The van der Waals surface area contributed by atoms with Crippen LogP contribution in [0.2, 0.25) is 10.0 Å². The number of benzene rings is 2. The van der Waals surface area contributed by atoms with Crippen LogP contribution in [-0.4, -0.2) is 52.7 Å². The molecule has 5 nitrogen and oxygen atoms in total. The van der Waals surface area contributed by atoms with E-state index in [4.69, 9.17) is 23.2 Å². The molecule has 1 saturated heterocycles. The van der Waals surface area contributed by atoms with Crippen LogP contribution in [0.1, 0.15) is 58.8 Å². The Kier molecular flexibility index (Phi) is 10.0. The Morgan fingerprint density at radius 2 is 1.76 bits per heavy atom. The van der Waals surface area contributed by atoms with E-state index in [1.165, 1.54) is 6.07 Å². The van der Waals surface area contributed by atoms with E-state index in [1.807, 2.05) is 11.0 Å². The van der Waals surface area contributed by atoms with E-state index < -0.39 is 17.6 Å². The molecular weight excluding hydrogens is 581 g/mol. The molecule has 0 radical (unpaired) electrons. The third-order valence-electron chi connectivity index (χ3n) is 7.35. The summed E-state index contributed by atoms with van der Waals surface area (Å²) in [5.74, 6) is -1.62. The van der Waals surface area contributed by atoms with E-state index >= 15 is 0 Å². The Balaban J connectivity index is 1.43. The Morgan fingerprint density at radius 1 is 1.00 bits per heavy atom. The lowest BCUT2D eigenvalue weighted by Gasteiger charge is -2.29. The van der Waals surface area contributed by atoms with Crippen molar-refractivity contribution in [3.05, 3.63) is 99.0 Å². The summed E-state index contributed by atoms with van der Waals surface area (Å²) in [6.45, 7) is 0.950. The number of carbonyl (C=O) groups is 2. The largest absolute Gasteiger partial charge is 0.419 e. The highest BCUT2D eigenvalue weighted by Crippen LogP contribution is 2.36. The summed E-state index contributed by atoms with van der Waals surface area (Å²) in [5.41, 5.74) is 0.345. The molecule has 1 aliphatic rings. The zero-order chi connectivity index (χ0) is 29.7. The van der Waals surface area contributed by atoms with Gasteiger partial charge in [0, 0.05) is 50.6 Å². The minimum Gasteiger partial charge on any atom is -0.340 e. The third kappa shape index (κ3) is 7.84. The number of unbranched alkanes of at least 4 members (excludes halogenated alkanes) is 1. The summed E-state index contributed by atoms with van der Waals surface area (Å²) in [6, 6.07) is 13.1. The molecule has 2 atom stereocenters. The van der Waals surface area contributed by atoms with Crippen LogP contribution in [0.15, 0.2) is 60.8 Å². The van der Waals surface area contributed by atoms with Gasteiger partial charge in [0.05, 0.1) is 15.6 Å². The molecule has 41 heavy (non-hydrogen) atoms. The topological polar surface area (TPSA) is 53.5 Å². The van der Waals surface area contributed by atoms with Gasteiger partial charge in [0.25, 0.3) is 0 Å². The maximum Gasteiger partial charge on any atom is 0.419 e.